The van der Waals surface area contributed by atoms with Crippen molar-refractivity contribution in [1.82, 2.24) is 0 Å². The second-order valence-corrected chi connectivity index (χ2v) is 6.98. The quantitative estimate of drug-likeness (QED) is 0.730. The molecule has 6 nitrogen and oxygen atoms in total. The summed E-state index contributed by atoms with van der Waals surface area (Å²) < 4.78 is 16.3. The molecule has 0 aliphatic carbocycles. The summed E-state index contributed by atoms with van der Waals surface area (Å²) in [7, 11) is 1.33. The van der Waals surface area contributed by atoms with Crippen LogP contribution in [-0.4, -0.2) is 31.4 Å². The average molecular weight is 391 g/mol. The van der Waals surface area contributed by atoms with Gasteiger partial charge in [-0.3, -0.25) is 9.79 Å². The fourth-order valence-corrected chi connectivity index (χ4v) is 3.87. The van der Waals surface area contributed by atoms with Crippen molar-refractivity contribution in [1.29, 1.82) is 0 Å². The van der Waals surface area contributed by atoms with Crippen molar-refractivity contribution in [3.05, 3.63) is 77.0 Å². The summed E-state index contributed by atoms with van der Waals surface area (Å²) in [4.78, 5) is 29.6. The largest absolute Gasteiger partial charge is 0.489 e. The van der Waals surface area contributed by atoms with E-state index in [4.69, 9.17) is 14.2 Å². The molecule has 148 valence electrons. The molecule has 0 radical (unpaired) electrons. The third-order valence-electron chi connectivity index (χ3n) is 5.22. The maximum Gasteiger partial charge on any atom is 0.337 e. The molecule has 0 aromatic heterocycles. The predicted octanol–water partition coefficient (Wildman–Crippen LogP) is 3.42. The second-order valence-electron chi connectivity index (χ2n) is 6.98. The first kappa shape index (κ1) is 18.9. The molecular weight excluding hydrogens is 370 g/mol. The number of cyclic esters (lactones) is 1. The molecule has 2 unspecified atom stereocenters. The summed E-state index contributed by atoms with van der Waals surface area (Å²) in [6.45, 7) is 2.26. The van der Waals surface area contributed by atoms with E-state index in [2.05, 4.69) is 4.99 Å². The van der Waals surface area contributed by atoms with Crippen molar-refractivity contribution in [3.8, 4) is 5.75 Å². The molecule has 6 heteroatoms. The molecular formula is C23H21NO5. The summed E-state index contributed by atoms with van der Waals surface area (Å²) in [6, 6.07) is 17.2. The van der Waals surface area contributed by atoms with E-state index >= 15 is 0 Å². The number of benzene rings is 2. The van der Waals surface area contributed by atoms with Crippen LogP contribution in [0, 0.1) is 5.92 Å². The molecule has 2 aliphatic heterocycles. The fourth-order valence-electron chi connectivity index (χ4n) is 3.87. The number of carbonyl (C=O) groups is 2. The third kappa shape index (κ3) is 3.53. The Labute approximate surface area is 168 Å². The predicted molar refractivity (Wildman–Crippen MR) is 107 cm³/mol. The number of ether oxygens (including phenoxy) is 3. The molecule has 0 saturated carbocycles. The highest BCUT2D eigenvalue weighted by Gasteiger charge is 2.46. The van der Waals surface area contributed by atoms with Crippen molar-refractivity contribution in [2.24, 2.45) is 10.9 Å². The van der Waals surface area contributed by atoms with Crippen LogP contribution >= 0.6 is 0 Å². The van der Waals surface area contributed by atoms with E-state index in [1.54, 1.807) is 6.92 Å². The highest BCUT2D eigenvalue weighted by Crippen LogP contribution is 2.45. The zero-order valence-electron chi connectivity index (χ0n) is 16.3. The minimum atomic E-state index is -0.717. The van der Waals surface area contributed by atoms with Crippen LogP contribution in [0.1, 0.15) is 24.0 Å². The van der Waals surface area contributed by atoms with Crippen LogP contribution in [0.15, 0.2) is 70.9 Å². The van der Waals surface area contributed by atoms with E-state index in [-0.39, 0.29) is 6.61 Å². The lowest BCUT2D eigenvalue weighted by Crippen LogP contribution is -2.35. The Bertz CT molecular complexity index is 1010. The SMILES string of the molecule is COC(=O)C1C(C)=NC2=C(C(=O)OC2)C1c1ccccc1OCc1ccccc1. The van der Waals surface area contributed by atoms with Crippen LogP contribution in [0.3, 0.4) is 0 Å². The van der Waals surface area contributed by atoms with Gasteiger partial charge in [-0.05, 0) is 18.6 Å². The molecule has 2 aliphatic rings. The number of hydrogen-bond acceptors (Lipinski definition) is 6. The number of para-hydroxylation sites is 1. The van der Waals surface area contributed by atoms with Gasteiger partial charge in [0.1, 0.15) is 24.9 Å². The Morgan fingerprint density at radius 3 is 2.62 bits per heavy atom. The Kier molecular flexibility index (Phi) is 5.16. The van der Waals surface area contributed by atoms with Crippen LogP contribution in [-0.2, 0) is 25.7 Å². The van der Waals surface area contributed by atoms with Crippen molar-refractivity contribution < 1.29 is 23.8 Å². The molecule has 0 N–H and O–H groups in total. The second kappa shape index (κ2) is 7.91. The van der Waals surface area contributed by atoms with Crippen LogP contribution in [0.4, 0.5) is 0 Å². The van der Waals surface area contributed by atoms with Gasteiger partial charge in [0.25, 0.3) is 0 Å². The molecule has 2 heterocycles. The van der Waals surface area contributed by atoms with Crippen LogP contribution < -0.4 is 4.74 Å². The van der Waals surface area contributed by atoms with Crippen molar-refractivity contribution in [3.63, 3.8) is 0 Å². The first-order valence-corrected chi connectivity index (χ1v) is 9.39. The molecule has 2 atom stereocenters. The van der Waals surface area contributed by atoms with Crippen LogP contribution in [0.25, 0.3) is 0 Å². The molecule has 4 rings (SSSR count). The van der Waals surface area contributed by atoms with Gasteiger partial charge in [-0.2, -0.15) is 0 Å². The highest BCUT2D eigenvalue weighted by molar-refractivity contribution is 6.07. The molecule has 0 fully saturated rings. The monoisotopic (exact) mass is 391 g/mol. The molecule has 0 saturated heterocycles. The molecule has 2 aromatic rings. The van der Waals surface area contributed by atoms with Gasteiger partial charge < -0.3 is 14.2 Å². The van der Waals surface area contributed by atoms with E-state index in [9.17, 15) is 9.59 Å². The van der Waals surface area contributed by atoms with Gasteiger partial charge in [-0.1, -0.05) is 48.5 Å². The van der Waals surface area contributed by atoms with E-state index in [0.29, 0.717) is 29.3 Å². The van der Waals surface area contributed by atoms with Crippen molar-refractivity contribution in [2.45, 2.75) is 19.4 Å². The summed E-state index contributed by atoms with van der Waals surface area (Å²) in [6.07, 6.45) is 0. The standard InChI is InChI=1S/C23H21NO5/c1-14-19(22(25)27-2)20(21-17(24-14)13-29-23(21)26)16-10-6-7-11-18(16)28-12-15-8-4-3-5-9-15/h3-11,19-20H,12-13H2,1-2H3. The van der Waals surface area contributed by atoms with E-state index < -0.39 is 23.8 Å². The van der Waals surface area contributed by atoms with Gasteiger partial charge >= 0.3 is 11.9 Å². The number of aliphatic imine (C=N–C) groups is 1. The molecule has 0 amide bonds. The Balaban J connectivity index is 1.76. The van der Waals surface area contributed by atoms with Gasteiger partial charge in [0.15, 0.2) is 0 Å². The topological polar surface area (TPSA) is 74.2 Å². The minimum absolute atomic E-state index is 0.114. The first-order valence-electron chi connectivity index (χ1n) is 9.39. The smallest absolute Gasteiger partial charge is 0.337 e. The van der Waals surface area contributed by atoms with Crippen LogP contribution in [0.5, 0.6) is 5.75 Å². The van der Waals surface area contributed by atoms with Gasteiger partial charge in [-0.15, -0.1) is 0 Å². The molecule has 0 bridgehead atoms. The summed E-state index contributed by atoms with van der Waals surface area (Å²) in [5, 5.41) is 0. The van der Waals surface area contributed by atoms with E-state index in [0.717, 1.165) is 11.1 Å². The first-order chi connectivity index (χ1) is 14.1. The molecule has 2 aromatic carbocycles. The van der Waals surface area contributed by atoms with Crippen molar-refractivity contribution >= 4 is 17.7 Å². The number of rotatable bonds is 5. The van der Waals surface area contributed by atoms with Crippen LogP contribution in [0.2, 0.25) is 0 Å². The Morgan fingerprint density at radius 1 is 1.14 bits per heavy atom. The van der Waals surface area contributed by atoms with E-state index in [1.807, 2.05) is 54.6 Å². The van der Waals surface area contributed by atoms with Crippen molar-refractivity contribution in [2.75, 3.05) is 13.7 Å². The van der Waals surface area contributed by atoms with Gasteiger partial charge in [-0.25, -0.2) is 4.79 Å². The number of methoxy groups -OCH3 is 1. The lowest BCUT2D eigenvalue weighted by Gasteiger charge is -2.30. The summed E-state index contributed by atoms with van der Waals surface area (Å²) >= 11 is 0. The number of carbonyl (C=O) groups excluding carboxylic acids is 2. The maximum atomic E-state index is 12.6. The normalized spacial score (nSPS) is 20.6. The minimum Gasteiger partial charge on any atom is -0.489 e. The van der Waals surface area contributed by atoms with E-state index in [1.165, 1.54) is 7.11 Å². The number of nitrogens with zero attached hydrogens (tertiary/aromatic N) is 1. The Morgan fingerprint density at radius 2 is 1.86 bits per heavy atom. The fraction of sp³-hybridized carbons (Fsp3) is 0.261. The molecule has 29 heavy (non-hydrogen) atoms. The number of esters is 2. The van der Waals surface area contributed by atoms with Gasteiger partial charge in [0, 0.05) is 17.2 Å². The zero-order chi connectivity index (χ0) is 20.4. The molecule has 0 spiro atoms. The Hall–Kier alpha value is -3.41. The highest BCUT2D eigenvalue weighted by atomic mass is 16.5. The third-order valence-corrected chi connectivity index (χ3v) is 5.22. The lowest BCUT2D eigenvalue weighted by molar-refractivity contribution is -0.143. The summed E-state index contributed by atoms with van der Waals surface area (Å²) in [5.41, 5.74) is 3.32. The van der Waals surface area contributed by atoms with Gasteiger partial charge in [0.05, 0.1) is 18.4 Å². The average Bonchev–Trinajstić information content (AvgIpc) is 3.12. The lowest BCUT2D eigenvalue weighted by atomic mass is 9.75. The summed E-state index contributed by atoms with van der Waals surface area (Å²) in [5.74, 6) is -1.58. The number of hydrogen-bond donors (Lipinski definition) is 0. The zero-order valence-corrected chi connectivity index (χ0v) is 16.3. The van der Waals surface area contributed by atoms with Gasteiger partial charge in [0.2, 0.25) is 0 Å². The maximum absolute atomic E-state index is 12.6.